The lowest BCUT2D eigenvalue weighted by molar-refractivity contribution is 0.204. The molecule has 112 valence electrons. The molecular weight excluding hydrogens is 284 g/mol. The van der Waals surface area contributed by atoms with Crippen LogP contribution in [0.4, 0.5) is 5.69 Å². The van der Waals surface area contributed by atoms with Crippen molar-refractivity contribution in [1.29, 1.82) is 0 Å². The van der Waals surface area contributed by atoms with Crippen LogP contribution in [0.3, 0.4) is 0 Å². The summed E-state index contributed by atoms with van der Waals surface area (Å²) in [6.45, 7) is 0.985. The number of anilines is 1. The molecule has 1 aliphatic heterocycles. The minimum atomic E-state index is -0.544. The number of thioether (sulfide) groups is 1. The van der Waals surface area contributed by atoms with Crippen LogP contribution in [-0.4, -0.2) is 25.6 Å². The van der Waals surface area contributed by atoms with Crippen LogP contribution in [0.15, 0.2) is 29.4 Å². The molecule has 1 aromatic heterocycles. The van der Waals surface area contributed by atoms with Crippen molar-refractivity contribution in [3.8, 4) is 0 Å². The first-order chi connectivity index (χ1) is 10.2. The molecule has 1 aliphatic rings. The lowest BCUT2D eigenvalue weighted by atomic mass is 10.1. The monoisotopic (exact) mass is 304 g/mol. The maximum absolute atomic E-state index is 10.3. The molecule has 6 heteroatoms. The van der Waals surface area contributed by atoms with E-state index < -0.39 is 6.10 Å². The zero-order valence-electron chi connectivity index (χ0n) is 11.9. The molecule has 2 aromatic rings. The number of benzene rings is 1. The third-order valence-corrected chi connectivity index (χ3v) is 4.78. The van der Waals surface area contributed by atoms with Crippen molar-refractivity contribution in [3.05, 3.63) is 35.7 Å². The van der Waals surface area contributed by atoms with Crippen LogP contribution in [0.2, 0.25) is 0 Å². The lowest BCUT2D eigenvalue weighted by Gasteiger charge is -2.11. The maximum atomic E-state index is 10.3. The fraction of sp³-hybridized carbons (Fsp3) is 0.467. The first kappa shape index (κ1) is 14.4. The highest BCUT2D eigenvalue weighted by molar-refractivity contribution is 7.99. The van der Waals surface area contributed by atoms with Crippen LogP contribution in [0.1, 0.15) is 36.8 Å². The van der Waals surface area contributed by atoms with Gasteiger partial charge >= 0.3 is 0 Å². The maximum Gasteiger partial charge on any atom is 0.191 e. The van der Waals surface area contributed by atoms with E-state index in [2.05, 4.69) is 14.8 Å². The molecule has 2 heterocycles. The van der Waals surface area contributed by atoms with Crippen molar-refractivity contribution >= 4 is 17.4 Å². The van der Waals surface area contributed by atoms with E-state index in [0.717, 1.165) is 29.5 Å². The van der Waals surface area contributed by atoms with E-state index in [1.54, 1.807) is 11.8 Å². The standard InChI is InChI=1S/C15H20N4OS/c16-12-6-4-5-11(9-12)13(20)10-21-15-18-17-14-7-2-1-3-8-19(14)15/h4-6,9,13,20H,1-3,7-8,10,16H2. The predicted octanol–water partition coefficient (Wildman–Crippen LogP) is 2.41. The van der Waals surface area contributed by atoms with Gasteiger partial charge in [-0.15, -0.1) is 10.2 Å². The molecule has 5 nitrogen and oxygen atoms in total. The third kappa shape index (κ3) is 3.39. The molecule has 0 saturated heterocycles. The van der Waals surface area contributed by atoms with Gasteiger partial charge in [-0.1, -0.05) is 30.3 Å². The summed E-state index contributed by atoms with van der Waals surface area (Å²) in [6, 6.07) is 7.39. The first-order valence-corrected chi connectivity index (χ1v) is 8.31. The number of aryl methyl sites for hydroxylation is 1. The molecule has 21 heavy (non-hydrogen) atoms. The molecule has 0 aliphatic carbocycles. The summed E-state index contributed by atoms with van der Waals surface area (Å²) in [5.74, 6) is 1.63. The van der Waals surface area contributed by atoms with Crippen molar-refractivity contribution in [2.24, 2.45) is 0 Å². The molecule has 1 aromatic carbocycles. The van der Waals surface area contributed by atoms with E-state index in [1.165, 1.54) is 19.3 Å². The summed E-state index contributed by atoms with van der Waals surface area (Å²) in [5, 5.41) is 19.7. The van der Waals surface area contributed by atoms with Crippen molar-refractivity contribution in [2.75, 3.05) is 11.5 Å². The van der Waals surface area contributed by atoms with Gasteiger partial charge in [-0.2, -0.15) is 0 Å². The van der Waals surface area contributed by atoms with Gasteiger partial charge in [0.25, 0.3) is 0 Å². The lowest BCUT2D eigenvalue weighted by Crippen LogP contribution is -2.05. The van der Waals surface area contributed by atoms with Gasteiger partial charge in [0.05, 0.1) is 6.10 Å². The summed E-state index contributed by atoms with van der Waals surface area (Å²) in [4.78, 5) is 0. The number of fused-ring (bicyclic) bond motifs is 1. The number of nitrogens with zero attached hydrogens (tertiary/aromatic N) is 3. The second kappa shape index (κ2) is 6.49. The Kier molecular flexibility index (Phi) is 4.45. The van der Waals surface area contributed by atoms with Crippen molar-refractivity contribution < 1.29 is 5.11 Å². The average Bonchev–Trinajstić information content (AvgIpc) is 2.72. The second-order valence-corrected chi connectivity index (χ2v) is 6.35. The van der Waals surface area contributed by atoms with Crippen LogP contribution in [-0.2, 0) is 13.0 Å². The number of rotatable bonds is 4. The van der Waals surface area contributed by atoms with Crippen LogP contribution in [0.25, 0.3) is 0 Å². The van der Waals surface area contributed by atoms with Gasteiger partial charge in [0.15, 0.2) is 5.16 Å². The fourth-order valence-electron chi connectivity index (χ4n) is 2.58. The van der Waals surface area contributed by atoms with Gasteiger partial charge in [-0.3, -0.25) is 0 Å². The van der Waals surface area contributed by atoms with Crippen molar-refractivity contribution in [2.45, 2.75) is 43.5 Å². The highest BCUT2D eigenvalue weighted by Crippen LogP contribution is 2.26. The second-order valence-electron chi connectivity index (χ2n) is 5.36. The zero-order valence-corrected chi connectivity index (χ0v) is 12.7. The number of nitrogen functional groups attached to an aromatic ring is 1. The Morgan fingerprint density at radius 1 is 1.29 bits per heavy atom. The summed E-state index contributed by atoms with van der Waals surface area (Å²) >= 11 is 1.56. The van der Waals surface area contributed by atoms with E-state index in [-0.39, 0.29) is 0 Å². The van der Waals surface area contributed by atoms with Crippen molar-refractivity contribution in [1.82, 2.24) is 14.8 Å². The number of aromatic nitrogens is 3. The Hall–Kier alpha value is -1.53. The molecule has 3 rings (SSSR count). The summed E-state index contributed by atoms with van der Waals surface area (Å²) in [7, 11) is 0. The summed E-state index contributed by atoms with van der Waals surface area (Å²) in [6.07, 6.45) is 4.08. The number of nitrogens with two attached hydrogens (primary N) is 1. The molecule has 0 radical (unpaired) electrons. The molecule has 0 fully saturated rings. The molecule has 0 bridgehead atoms. The third-order valence-electron chi connectivity index (χ3n) is 3.74. The minimum Gasteiger partial charge on any atom is -0.399 e. The molecule has 0 saturated carbocycles. The van der Waals surface area contributed by atoms with Gasteiger partial charge in [-0.25, -0.2) is 0 Å². The summed E-state index contributed by atoms with van der Waals surface area (Å²) < 4.78 is 2.20. The van der Waals surface area contributed by atoms with E-state index in [0.29, 0.717) is 11.4 Å². The normalized spacial score (nSPS) is 16.2. The topological polar surface area (TPSA) is 77.0 Å². The van der Waals surface area contributed by atoms with E-state index >= 15 is 0 Å². The molecular formula is C15H20N4OS. The minimum absolute atomic E-state index is 0.544. The first-order valence-electron chi connectivity index (χ1n) is 7.32. The quantitative estimate of drug-likeness (QED) is 0.670. The van der Waals surface area contributed by atoms with E-state index in [9.17, 15) is 5.11 Å². The number of hydrogen-bond donors (Lipinski definition) is 2. The zero-order chi connectivity index (χ0) is 14.7. The fourth-order valence-corrected chi connectivity index (χ4v) is 3.53. The van der Waals surface area contributed by atoms with Gasteiger partial charge in [-0.05, 0) is 30.5 Å². The molecule has 3 N–H and O–H groups in total. The van der Waals surface area contributed by atoms with Crippen LogP contribution in [0.5, 0.6) is 0 Å². The Bertz CT molecular complexity index is 613. The summed E-state index contributed by atoms with van der Waals surface area (Å²) in [5.41, 5.74) is 7.27. The number of aliphatic hydroxyl groups is 1. The molecule has 0 amide bonds. The molecule has 1 atom stereocenters. The highest BCUT2D eigenvalue weighted by Gasteiger charge is 2.16. The number of hydrogen-bond acceptors (Lipinski definition) is 5. The van der Waals surface area contributed by atoms with Gasteiger partial charge in [0.1, 0.15) is 5.82 Å². The van der Waals surface area contributed by atoms with E-state index in [1.807, 2.05) is 24.3 Å². The Balaban J connectivity index is 1.66. The van der Waals surface area contributed by atoms with Crippen LogP contribution < -0.4 is 5.73 Å². The SMILES string of the molecule is Nc1cccc(C(O)CSc2nnc3n2CCCCC3)c1. The number of aliphatic hydroxyl groups excluding tert-OH is 1. The van der Waals surface area contributed by atoms with Crippen LogP contribution >= 0.6 is 11.8 Å². The molecule has 1 unspecified atom stereocenters. The van der Waals surface area contributed by atoms with Gasteiger partial charge < -0.3 is 15.4 Å². The highest BCUT2D eigenvalue weighted by atomic mass is 32.2. The largest absolute Gasteiger partial charge is 0.399 e. The Labute approximate surface area is 128 Å². The average molecular weight is 304 g/mol. The molecule has 0 spiro atoms. The predicted molar refractivity (Wildman–Crippen MR) is 84.1 cm³/mol. The van der Waals surface area contributed by atoms with Crippen molar-refractivity contribution in [3.63, 3.8) is 0 Å². The van der Waals surface area contributed by atoms with Crippen LogP contribution in [0, 0.1) is 0 Å². The van der Waals surface area contributed by atoms with Gasteiger partial charge in [0.2, 0.25) is 0 Å². The Morgan fingerprint density at radius 2 is 2.19 bits per heavy atom. The van der Waals surface area contributed by atoms with Gasteiger partial charge in [0, 0.05) is 24.4 Å². The van der Waals surface area contributed by atoms with E-state index in [4.69, 9.17) is 5.73 Å². The smallest absolute Gasteiger partial charge is 0.191 e. The Morgan fingerprint density at radius 3 is 3.05 bits per heavy atom.